The van der Waals surface area contributed by atoms with E-state index in [9.17, 15) is 61.9 Å². The summed E-state index contributed by atoms with van der Waals surface area (Å²) in [5.41, 5.74) is -5.72. The van der Waals surface area contributed by atoms with Gasteiger partial charge in [-0.2, -0.15) is 45.3 Å². The van der Waals surface area contributed by atoms with Crippen molar-refractivity contribution < 1.29 is 75.2 Å². The lowest BCUT2D eigenvalue weighted by Crippen LogP contribution is -2.46. The minimum atomic E-state index is -5.21. The number of rotatable bonds is 14. The van der Waals surface area contributed by atoms with Crippen LogP contribution < -0.4 is 5.32 Å². The number of carbonyl (C=O) groups is 2. The second-order valence-corrected chi connectivity index (χ2v) is 22.6. The van der Waals surface area contributed by atoms with Gasteiger partial charge in [-0.15, -0.1) is 0 Å². The molecule has 0 spiro atoms. The van der Waals surface area contributed by atoms with Gasteiger partial charge in [0.2, 0.25) is 5.91 Å². The average Bonchev–Trinajstić information content (AvgIpc) is 3.72. The van der Waals surface area contributed by atoms with Crippen molar-refractivity contribution in [2.24, 2.45) is 5.92 Å². The molecular formula is C44H41ClF10N8O6S2. The summed E-state index contributed by atoms with van der Waals surface area (Å²) in [5, 5.41) is 9.33. The topological polar surface area (TPSA) is 172 Å². The van der Waals surface area contributed by atoms with E-state index in [1.807, 2.05) is 0 Å². The first-order valence-electron chi connectivity index (χ1n) is 21.1. The minimum Gasteiger partial charge on any atom is -0.755 e. The molecule has 2 unspecified atom stereocenters. The van der Waals surface area contributed by atoms with Crippen LogP contribution in [0.3, 0.4) is 0 Å². The molecule has 0 bridgehead atoms. The van der Waals surface area contributed by atoms with E-state index in [1.54, 1.807) is 21.1 Å². The van der Waals surface area contributed by atoms with Gasteiger partial charge in [-0.1, -0.05) is 23.6 Å². The van der Waals surface area contributed by atoms with E-state index in [0.29, 0.717) is 15.1 Å². The van der Waals surface area contributed by atoms with Crippen molar-refractivity contribution in [1.82, 2.24) is 34.2 Å². The van der Waals surface area contributed by atoms with Gasteiger partial charge in [0.05, 0.1) is 66.9 Å². The number of amides is 2. The second kappa shape index (κ2) is 18.5. The Morgan fingerprint density at radius 3 is 2.23 bits per heavy atom. The number of sulfone groups is 1. The van der Waals surface area contributed by atoms with E-state index >= 15 is 8.78 Å². The van der Waals surface area contributed by atoms with Crippen LogP contribution in [0.15, 0.2) is 42.5 Å². The van der Waals surface area contributed by atoms with Crippen LogP contribution in [0, 0.1) is 29.4 Å². The highest BCUT2D eigenvalue weighted by Gasteiger charge is 2.68. The maximum absolute atomic E-state index is 15.6. The monoisotopic (exact) mass is 1070 g/mol. The molecule has 1 fully saturated rings. The number of benzene rings is 2. The molecule has 0 radical (unpaired) electrons. The van der Waals surface area contributed by atoms with Crippen molar-refractivity contribution in [3.63, 3.8) is 0 Å². The third-order valence-electron chi connectivity index (χ3n) is 11.8. The second-order valence-electron chi connectivity index (χ2n) is 18.7. The summed E-state index contributed by atoms with van der Waals surface area (Å²) in [7, 11) is 0.838. The van der Waals surface area contributed by atoms with Crippen LogP contribution in [0.25, 0.3) is 22.0 Å². The minimum absolute atomic E-state index is 0.0608. The van der Waals surface area contributed by atoms with Gasteiger partial charge in [-0.3, -0.25) is 27.5 Å². The highest BCUT2D eigenvalue weighted by Crippen LogP contribution is 2.68. The van der Waals surface area contributed by atoms with E-state index < -0.39 is 152 Å². The molecule has 27 heteroatoms. The number of aromatic nitrogens is 5. The molecule has 4 atom stereocenters. The van der Waals surface area contributed by atoms with Gasteiger partial charge < -0.3 is 14.4 Å². The predicted octanol–water partition coefficient (Wildman–Crippen LogP) is 7.12. The highest BCUT2D eigenvalue weighted by atomic mass is 35.5. The number of pyridine rings is 1. The zero-order valence-corrected chi connectivity index (χ0v) is 40.5. The van der Waals surface area contributed by atoms with Crippen LogP contribution in [-0.2, 0) is 68.8 Å². The Morgan fingerprint density at radius 2 is 1.65 bits per heavy atom. The van der Waals surface area contributed by atoms with Gasteiger partial charge in [-0.25, -0.2) is 22.2 Å². The summed E-state index contributed by atoms with van der Waals surface area (Å²) in [6.45, 7) is -1.92. The maximum atomic E-state index is 15.6. The molecule has 2 amide bonds. The van der Waals surface area contributed by atoms with Crippen LogP contribution in [0.2, 0.25) is 5.02 Å². The predicted molar refractivity (Wildman–Crippen MR) is 235 cm³/mol. The molecule has 7 rings (SSSR count). The van der Waals surface area contributed by atoms with E-state index in [2.05, 4.69) is 32.3 Å². The number of nitrogens with one attached hydrogen (secondary N) is 1. The van der Waals surface area contributed by atoms with Gasteiger partial charge in [0, 0.05) is 40.3 Å². The SMILES string of the molecule is CC(C)(C#Cc1ccc(-c2ccc(Cl)c3c(CN(C(=O)C[N+](C)(C)C)S(=O)[O-])nn(CC(F)(F)F)c23)c(C(Cc2cc(F)cc(F)c2)NC(=O)Cn2nc(C(F)(F)F)c3c2C(F)(F)[C@@H]2C[C@H]32)n1)S(C)(=O)=O. The van der Waals surface area contributed by atoms with E-state index in [4.69, 9.17) is 11.6 Å². The fourth-order valence-electron chi connectivity index (χ4n) is 8.31. The van der Waals surface area contributed by atoms with Crippen molar-refractivity contribution in [3.8, 4) is 23.0 Å². The average molecular weight is 1070 g/mol. The molecule has 0 aliphatic heterocycles. The van der Waals surface area contributed by atoms with E-state index in [1.165, 1.54) is 38.1 Å². The summed E-state index contributed by atoms with van der Waals surface area (Å²) in [6.07, 6.45) is -10.3. The number of carbonyl (C=O) groups excluding carboxylic acids is 2. The largest absolute Gasteiger partial charge is 0.755 e. The van der Waals surface area contributed by atoms with Crippen LogP contribution in [0.1, 0.15) is 71.8 Å². The summed E-state index contributed by atoms with van der Waals surface area (Å²) in [6, 6.07) is 5.21. The molecule has 5 aromatic rings. The van der Waals surface area contributed by atoms with Crippen LogP contribution in [0.5, 0.6) is 0 Å². The first-order chi connectivity index (χ1) is 32.6. The Morgan fingerprint density at radius 1 is 1.01 bits per heavy atom. The smallest absolute Gasteiger partial charge is 0.435 e. The Balaban J connectivity index is 1.45. The Labute approximate surface area is 406 Å². The summed E-state index contributed by atoms with van der Waals surface area (Å²) in [4.78, 5) is 32.0. The first kappa shape index (κ1) is 53.2. The van der Waals surface area contributed by atoms with Crippen LogP contribution >= 0.6 is 11.6 Å². The zero-order valence-electron chi connectivity index (χ0n) is 38.1. The molecule has 14 nitrogen and oxygen atoms in total. The van der Waals surface area contributed by atoms with Gasteiger partial charge in [0.15, 0.2) is 22.1 Å². The number of nitrogens with zero attached hydrogens (tertiary/aromatic N) is 7. The number of likely N-dealkylation sites (N-methyl/N-ethyl adjacent to an activating group) is 1. The van der Waals surface area contributed by atoms with E-state index in [0.717, 1.165) is 18.4 Å². The lowest BCUT2D eigenvalue weighted by molar-refractivity contribution is -0.862. The lowest BCUT2D eigenvalue weighted by atomic mass is 9.93. The lowest BCUT2D eigenvalue weighted by Gasteiger charge is -2.29. The Hall–Kier alpha value is -5.62. The van der Waals surface area contributed by atoms with Crippen molar-refractivity contribution >= 4 is 55.4 Å². The molecule has 3 aromatic heterocycles. The van der Waals surface area contributed by atoms with Crippen molar-refractivity contribution in [3.05, 3.63) is 98.7 Å². The molecule has 2 aromatic carbocycles. The van der Waals surface area contributed by atoms with Crippen molar-refractivity contribution in [2.75, 3.05) is 33.9 Å². The quantitative estimate of drug-likeness (QED) is 0.0526. The Kier molecular flexibility index (Phi) is 13.8. The van der Waals surface area contributed by atoms with Gasteiger partial charge in [-0.05, 0) is 74.4 Å². The number of hydrogen-bond acceptors (Lipinski definition) is 9. The summed E-state index contributed by atoms with van der Waals surface area (Å²) in [5.74, 6) is -5.84. The molecule has 2 aliphatic rings. The molecule has 1 N–H and O–H groups in total. The maximum Gasteiger partial charge on any atom is 0.435 e. The zero-order chi connectivity index (χ0) is 52.7. The molecule has 1 saturated carbocycles. The number of fused-ring (bicyclic) bond motifs is 4. The number of halogens is 11. The molecule has 3 heterocycles. The summed E-state index contributed by atoms with van der Waals surface area (Å²) < 4.78 is 196. The number of hydrogen-bond donors (Lipinski definition) is 1. The molecule has 0 saturated heterocycles. The van der Waals surface area contributed by atoms with Gasteiger partial charge in [0.1, 0.15) is 40.9 Å². The first-order valence-corrected chi connectivity index (χ1v) is 24.4. The van der Waals surface area contributed by atoms with Crippen molar-refractivity contribution in [2.45, 2.75) is 81.3 Å². The molecule has 2 aliphatic carbocycles. The highest BCUT2D eigenvalue weighted by molar-refractivity contribution is 7.92. The van der Waals surface area contributed by atoms with Gasteiger partial charge >= 0.3 is 12.4 Å². The number of quaternary nitrogens is 1. The van der Waals surface area contributed by atoms with E-state index in [-0.39, 0.29) is 48.4 Å². The summed E-state index contributed by atoms with van der Waals surface area (Å²) >= 11 is 3.35. The molecule has 382 valence electrons. The van der Waals surface area contributed by atoms with Gasteiger partial charge in [0.25, 0.3) is 11.8 Å². The fraction of sp³-hybridized carbons (Fsp3) is 0.432. The van der Waals surface area contributed by atoms with Crippen LogP contribution in [0.4, 0.5) is 43.9 Å². The third kappa shape index (κ3) is 11.2. The normalized spacial score (nSPS) is 17.5. The van der Waals surface area contributed by atoms with Crippen LogP contribution in [-0.4, -0.2) is 107 Å². The Bertz CT molecular complexity index is 3170. The standard InChI is InChI=1S/C44H41ClF10N8O6S2/c1-41(2,71(6,68)69)12-11-25-7-8-26(27-9-10-30(45)36-32(58-61(38(27)36)21-42(48,49)50)18-62(70(66)67)34(65)20-63(3,4)5)37(56-25)31(15-22-13-23(46)16-24(47)14-22)57-33(64)19-60-40-35(39(59-60)44(53,54)55)28-17-29(28)43(40,51)52/h7-10,13-14,16,28-29,31H,15,17-21H2,1-6H3,(H-,57,64,66,67)/t28-,29+,31?/m0/s1. The third-order valence-corrected chi connectivity index (χ3v) is 14.7. The molecular weight excluding hydrogens is 1030 g/mol. The molecule has 71 heavy (non-hydrogen) atoms. The fourth-order valence-corrected chi connectivity index (χ4v) is 9.26. The number of alkyl halides is 8. The van der Waals surface area contributed by atoms with Crippen molar-refractivity contribution in [1.29, 1.82) is 0 Å².